The van der Waals surface area contributed by atoms with Gasteiger partial charge in [-0.05, 0) is 31.0 Å². The van der Waals surface area contributed by atoms with E-state index >= 15 is 0 Å². The van der Waals surface area contributed by atoms with Gasteiger partial charge in [0.15, 0.2) is 0 Å². The lowest BCUT2D eigenvalue weighted by Crippen LogP contribution is -2.49. The Morgan fingerprint density at radius 1 is 1.38 bits per heavy atom. The molecule has 1 aliphatic heterocycles. The number of rotatable bonds is 7. The highest BCUT2D eigenvalue weighted by Gasteiger charge is 2.24. The lowest BCUT2D eigenvalue weighted by atomic mass is 10.2. The number of hydrogen-bond acceptors (Lipinski definition) is 5. The maximum atomic E-state index is 9.17. The quantitative estimate of drug-likeness (QED) is 0.734. The molecule has 0 aromatic heterocycles. The van der Waals surface area contributed by atoms with Crippen LogP contribution in [0.3, 0.4) is 0 Å². The molecule has 1 aliphatic rings. The molecule has 1 aromatic rings. The first-order chi connectivity index (χ1) is 10.2. The van der Waals surface area contributed by atoms with Crippen LogP contribution in [0.2, 0.25) is 0 Å². The van der Waals surface area contributed by atoms with Gasteiger partial charge in [0.25, 0.3) is 0 Å². The smallest absolute Gasteiger partial charge is 0.119 e. The zero-order valence-corrected chi connectivity index (χ0v) is 12.7. The normalized spacial score (nSPS) is 23.2. The number of hydrogen-bond donors (Lipinski definition) is 2. The SMILES string of the molecule is CC1COC(CO)CN1CCCOc1ccc(CN)cc1. The van der Waals surface area contributed by atoms with Gasteiger partial charge in [0, 0.05) is 25.7 Å². The highest BCUT2D eigenvalue weighted by atomic mass is 16.5. The summed E-state index contributed by atoms with van der Waals surface area (Å²) in [5.41, 5.74) is 6.68. The Kier molecular flexibility index (Phi) is 6.45. The summed E-state index contributed by atoms with van der Waals surface area (Å²) in [4.78, 5) is 2.35. The van der Waals surface area contributed by atoms with Crippen molar-refractivity contribution in [3.05, 3.63) is 29.8 Å². The van der Waals surface area contributed by atoms with Crippen LogP contribution in [0.1, 0.15) is 18.9 Å². The fraction of sp³-hybridized carbons (Fsp3) is 0.625. The first-order valence-electron chi connectivity index (χ1n) is 7.61. The van der Waals surface area contributed by atoms with Gasteiger partial charge in [0.05, 0.1) is 25.9 Å². The van der Waals surface area contributed by atoms with E-state index in [1.165, 1.54) is 0 Å². The molecule has 21 heavy (non-hydrogen) atoms. The average molecular weight is 294 g/mol. The van der Waals surface area contributed by atoms with Gasteiger partial charge in [0.1, 0.15) is 5.75 Å². The van der Waals surface area contributed by atoms with Gasteiger partial charge >= 0.3 is 0 Å². The molecule has 3 N–H and O–H groups in total. The summed E-state index contributed by atoms with van der Waals surface area (Å²) < 4.78 is 11.3. The molecule has 0 spiro atoms. The fourth-order valence-electron chi connectivity index (χ4n) is 2.48. The van der Waals surface area contributed by atoms with Crippen LogP contribution in [0, 0.1) is 0 Å². The van der Waals surface area contributed by atoms with E-state index in [-0.39, 0.29) is 12.7 Å². The van der Waals surface area contributed by atoms with E-state index in [1.807, 2.05) is 24.3 Å². The van der Waals surface area contributed by atoms with Crippen molar-refractivity contribution in [2.24, 2.45) is 5.73 Å². The molecule has 0 bridgehead atoms. The van der Waals surface area contributed by atoms with Crippen LogP contribution in [0.4, 0.5) is 0 Å². The molecule has 0 aliphatic carbocycles. The lowest BCUT2D eigenvalue weighted by molar-refractivity contribution is -0.0784. The van der Waals surface area contributed by atoms with Crippen molar-refractivity contribution in [2.75, 3.05) is 32.9 Å². The van der Waals surface area contributed by atoms with Gasteiger partial charge in [-0.25, -0.2) is 0 Å². The standard InChI is InChI=1S/C16H26N2O3/c1-13-12-21-16(11-19)10-18(13)7-2-8-20-15-5-3-14(9-17)4-6-15/h3-6,13,16,19H,2,7-12,17H2,1H3. The molecule has 1 aromatic carbocycles. The molecular formula is C16H26N2O3. The van der Waals surface area contributed by atoms with E-state index in [0.717, 1.165) is 30.8 Å². The van der Waals surface area contributed by atoms with E-state index in [4.69, 9.17) is 15.2 Å². The summed E-state index contributed by atoms with van der Waals surface area (Å²) in [5.74, 6) is 0.885. The maximum absolute atomic E-state index is 9.17. The van der Waals surface area contributed by atoms with Crippen LogP contribution in [0.15, 0.2) is 24.3 Å². The molecule has 1 heterocycles. The Bertz CT molecular complexity index is 410. The number of ether oxygens (including phenoxy) is 2. The third-order valence-electron chi connectivity index (χ3n) is 3.86. The van der Waals surface area contributed by atoms with Gasteiger partial charge in [-0.1, -0.05) is 12.1 Å². The van der Waals surface area contributed by atoms with E-state index in [1.54, 1.807) is 0 Å². The summed E-state index contributed by atoms with van der Waals surface area (Å²) in [5, 5.41) is 9.17. The fourth-order valence-corrected chi connectivity index (χ4v) is 2.48. The molecule has 0 amide bonds. The summed E-state index contributed by atoms with van der Waals surface area (Å²) in [6, 6.07) is 8.30. The molecule has 0 radical (unpaired) electrons. The number of nitrogens with two attached hydrogens (primary N) is 1. The van der Waals surface area contributed by atoms with Gasteiger partial charge in [-0.3, -0.25) is 4.90 Å². The number of aliphatic hydroxyl groups is 1. The van der Waals surface area contributed by atoms with Crippen LogP contribution in [-0.4, -0.2) is 55.1 Å². The van der Waals surface area contributed by atoms with Crippen molar-refractivity contribution >= 4 is 0 Å². The van der Waals surface area contributed by atoms with E-state index < -0.39 is 0 Å². The number of benzene rings is 1. The largest absolute Gasteiger partial charge is 0.494 e. The van der Waals surface area contributed by atoms with Crippen LogP contribution < -0.4 is 10.5 Å². The van der Waals surface area contributed by atoms with Crippen molar-refractivity contribution in [1.29, 1.82) is 0 Å². The van der Waals surface area contributed by atoms with E-state index in [2.05, 4.69) is 11.8 Å². The highest BCUT2D eigenvalue weighted by molar-refractivity contribution is 5.26. The molecule has 5 heteroatoms. The number of morpholine rings is 1. The maximum Gasteiger partial charge on any atom is 0.119 e. The topological polar surface area (TPSA) is 68.0 Å². The molecule has 2 rings (SSSR count). The molecule has 1 fully saturated rings. The Balaban J connectivity index is 1.68. The summed E-state index contributed by atoms with van der Waals surface area (Å²) >= 11 is 0. The van der Waals surface area contributed by atoms with Crippen LogP contribution in [-0.2, 0) is 11.3 Å². The average Bonchev–Trinajstić information content (AvgIpc) is 2.53. The minimum absolute atomic E-state index is 0.0501. The van der Waals surface area contributed by atoms with Crippen LogP contribution in [0.25, 0.3) is 0 Å². The number of aliphatic hydroxyl groups excluding tert-OH is 1. The van der Waals surface area contributed by atoms with Crippen molar-refractivity contribution in [2.45, 2.75) is 32.0 Å². The molecule has 2 atom stereocenters. The molecular weight excluding hydrogens is 268 g/mol. The molecule has 2 unspecified atom stereocenters. The predicted molar refractivity (Wildman–Crippen MR) is 82.3 cm³/mol. The van der Waals surface area contributed by atoms with Gasteiger partial charge in [-0.2, -0.15) is 0 Å². The second-order valence-electron chi connectivity index (χ2n) is 5.53. The second kappa shape index (κ2) is 8.34. The lowest BCUT2D eigenvalue weighted by Gasteiger charge is -2.37. The summed E-state index contributed by atoms with van der Waals surface area (Å²) in [7, 11) is 0. The first kappa shape index (κ1) is 16.2. The Labute approximate surface area is 126 Å². The first-order valence-corrected chi connectivity index (χ1v) is 7.61. The Morgan fingerprint density at radius 3 is 2.81 bits per heavy atom. The Hall–Kier alpha value is -1.14. The molecule has 118 valence electrons. The van der Waals surface area contributed by atoms with E-state index in [9.17, 15) is 5.11 Å². The third kappa shape index (κ3) is 4.97. The van der Waals surface area contributed by atoms with Crippen molar-refractivity contribution in [3.63, 3.8) is 0 Å². The molecule has 5 nitrogen and oxygen atoms in total. The molecule has 0 saturated carbocycles. The van der Waals surface area contributed by atoms with Crippen LogP contribution >= 0.6 is 0 Å². The Morgan fingerprint density at radius 2 is 2.14 bits per heavy atom. The minimum atomic E-state index is -0.0501. The zero-order chi connectivity index (χ0) is 15.1. The van der Waals surface area contributed by atoms with Crippen molar-refractivity contribution in [3.8, 4) is 5.75 Å². The second-order valence-corrected chi connectivity index (χ2v) is 5.53. The van der Waals surface area contributed by atoms with Gasteiger partial charge < -0.3 is 20.3 Å². The molecule has 1 saturated heterocycles. The number of nitrogens with zero attached hydrogens (tertiary/aromatic N) is 1. The van der Waals surface area contributed by atoms with E-state index in [0.29, 0.717) is 25.8 Å². The van der Waals surface area contributed by atoms with Crippen molar-refractivity contribution < 1.29 is 14.6 Å². The monoisotopic (exact) mass is 294 g/mol. The van der Waals surface area contributed by atoms with Crippen molar-refractivity contribution in [1.82, 2.24) is 4.90 Å². The summed E-state index contributed by atoms with van der Waals surface area (Å²) in [6.07, 6.45) is 0.909. The predicted octanol–water partition coefficient (Wildman–Crippen LogP) is 0.996. The highest BCUT2D eigenvalue weighted by Crippen LogP contribution is 2.14. The van der Waals surface area contributed by atoms with Gasteiger partial charge in [0.2, 0.25) is 0 Å². The summed E-state index contributed by atoms with van der Waals surface area (Å²) in [6.45, 7) is 5.93. The zero-order valence-electron chi connectivity index (χ0n) is 12.7. The minimum Gasteiger partial charge on any atom is -0.494 e. The van der Waals surface area contributed by atoms with Crippen LogP contribution in [0.5, 0.6) is 5.75 Å². The van der Waals surface area contributed by atoms with Gasteiger partial charge in [-0.15, -0.1) is 0 Å². The third-order valence-corrected chi connectivity index (χ3v) is 3.86.